The molecule has 2 aromatic heterocycles. The molecule has 2 rings (SSSR count). The van der Waals surface area contributed by atoms with Crippen molar-refractivity contribution in [3.63, 3.8) is 0 Å². The Morgan fingerprint density at radius 3 is 2.58 bits per heavy atom. The molecule has 0 aliphatic heterocycles. The fourth-order valence-electron chi connectivity index (χ4n) is 2.60. The highest BCUT2D eigenvalue weighted by Crippen LogP contribution is 2.25. The van der Waals surface area contributed by atoms with E-state index in [4.69, 9.17) is 0 Å². The summed E-state index contributed by atoms with van der Waals surface area (Å²) in [6, 6.07) is 0. The molecule has 0 radical (unpaired) electrons. The third-order valence-electron chi connectivity index (χ3n) is 4.04. The van der Waals surface area contributed by atoms with Crippen molar-refractivity contribution in [2.75, 3.05) is 13.6 Å². The number of amides is 2. The molecule has 0 unspecified atom stereocenters. The molecular formula is C18H26N4O3S. The lowest BCUT2D eigenvalue weighted by Crippen LogP contribution is -2.46. The number of carbonyl (C=O) groups excluding carboxylic acids is 2. The van der Waals surface area contributed by atoms with E-state index < -0.39 is 0 Å². The van der Waals surface area contributed by atoms with Crippen molar-refractivity contribution in [3.05, 3.63) is 27.1 Å². The molecule has 2 heterocycles. The van der Waals surface area contributed by atoms with Gasteiger partial charge in [0, 0.05) is 30.4 Å². The number of hydrogen-bond acceptors (Lipinski definition) is 5. The molecule has 0 aromatic carbocycles. The summed E-state index contributed by atoms with van der Waals surface area (Å²) in [7, 11) is 1.58. The highest BCUT2D eigenvalue weighted by molar-refractivity contribution is 7.18. The van der Waals surface area contributed by atoms with Crippen molar-refractivity contribution < 1.29 is 9.59 Å². The number of thiophene rings is 1. The van der Waals surface area contributed by atoms with Gasteiger partial charge in [-0.2, -0.15) is 0 Å². The molecule has 2 amide bonds. The predicted molar refractivity (Wildman–Crippen MR) is 104 cm³/mol. The minimum atomic E-state index is -0.341. The summed E-state index contributed by atoms with van der Waals surface area (Å²) in [5, 5.41) is 3.44. The quantitative estimate of drug-likeness (QED) is 0.860. The van der Waals surface area contributed by atoms with Crippen LogP contribution in [0.3, 0.4) is 0 Å². The van der Waals surface area contributed by atoms with E-state index >= 15 is 0 Å². The van der Waals surface area contributed by atoms with Gasteiger partial charge < -0.3 is 10.2 Å². The maximum atomic E-state index is 12.6. The Balaban J connectivity index is 2.02. The number of likely N-dealkylation sites (N-methyl/N-ethyl adjacent to an activating group) is 1. The van der Waals surface area contributed by atoms with Crippen LogP contribution in [0.2, 0.25) is 0 Å². The molecule has 2 aromatic rings. The molecule has 0 aliphatic carbocycles. The molecule has 0 fully saturated rings. The fraction of sp³-hybridized carbons (Fsp3) is 0.556. The number of rotatable bonds is 5. The molecule has 142 valence electrons. The van der Waals surface area contributed by atoms with Crippen LogP contribution < -0.4 is 10.9 Å². The zero-order valence-electron chi connectivity index (χ0n) is 16.2. The fourth-order valence-corrected chi connectivity index (χ4v) is 3.59. The van der Waals surface area contributed by atoms with E-state index in [1.165, 1.54) is 27.1 Å². The first-order valence-corrected chi connectivity index (χ1v) is 9.31. The second-order valence-electron chi connectivity index (χ2n) is 7.50. The lowest BCUT2D eigenvalue weighted by molar-refractivity contribution is -0.135. The van der Waals surface area contributed by atoms with E-state index in [1.807, 2.05) is 34.6 Å². The Morgan fingerprint density at radius 2 is 1.96 bits per heavy atom. The first-order chi connectivity index (χ1) is 12.0. The van der Waals surface area contributed by atoms with Gasteiger partial charge >= 0.3 is 0 Å². The molecule has 7 nitrogen and oxygen atoms in total. The molecule has 0 spiro atoms. The first-order valence-electron chi connectivity index (χ1n) is 8.49. The average molecular weight is 378 g/mol. The lowest BCUT2D eigenvalue weighted by atomic mass is 10.1. The first kappa shape index (κ1) is 20.1. The Hall–Kier alpha value is -2.22. The number of nitrogens with one attached hydrogen (secondary N) is 1. The zero-order chi connectivity index (χ0) is 19.6. The van der Waals surface area contributed by atoms with E-state index in [0.29, 0.717) is 5.39 Å². The lowest BCUT2D eigenvalue weighted by Gasteiger charge is -2.23. The summed E-state index contributed by atoms with van der Waals surface area (Å²) in [5.41, 5.74) is 0.475. The molecule has 8 heteroatoms. The van der Waals surface area contributed by atoms with Gasteiger partial charge in [0.2, 0.25) is 11.8 Å². The number of carbonyl (C=O) groups is 2. The number of aryl methyl sites for hydroxylation is 3. The molecule has 0 aliphatic rings. The molecule has 0 bridgehead atoms. The van der Waals surface area contributed by atoms with Gasteiger partial charge in [-0.05, 0) is 40.2 Å². The summed E-state index contributed by atoms with van der Waals surface area (Å²) < 4.78 is 1.46. The smallest absolute Gasteiger partial charge is 0.262 e. The van der Waals surface area contributed by atoms with Crippen molar-refractivity contribution in [1.82, 2.24) is 19.8 Å². The normalized spacial score (nSPS) is 11.6. The van der Waals surface area contributed by atoms with Crippen LogP contribution in [0.1, 0.15) is 37.6 Å². The van der Waals surface area contributed by atoms with E-state index in [2.05, 4.69) is 10.3 Å². The number of nitrogens with zero attached hydrogens (tertiary/aromatic N) is 3. The maximum absolute atomic E-state index is 12.6. The van der Waals surface area contributed by atoms with Crippen LogP contribution in [0.4, 0.5) is 0 Å². The van der Waals surface area contributed by atoms with Gasteiger partial charge in [-0.15, -0.1) is 11.3 Å². The Morgan fingerprint density at radius 1 is 1.31 bits per heavy atom. The van der Waals surface area contributed by atoms with Crippen LogP contribution in [0.5, 0.6) is 0 Å². The largest absolute Gasteiger partial charge is 0.350 e. The van der Waals surface area contributed by atoms with Crippen molar-refractivity contribution in [3.8, 4) is 0 Å². The van der Waals surface area contributed by atoms with Gasteiger partial charge in [0.1, 0.15) is 4.83 Å². The van der Waals surface area contributed by atoms with Crippen LogP contribution in [0, 0.1) is 13.8 Å². The van der Waals surface area contributed by atoms with Crippen molar-refractivity contribution in [2.24, 2.45) is 0 Å². The molecule has 0 saturated carbocycles. The molecule has 0 atom stereocenters. The summed E-state index contributed by atoms with van der Waals surface area (Å²) in [6.07, 6.45) is 1.62. The maximum Gasteiger partial charge on any atom is 0.262 e. The van der Waals surface area contributed by atoms with Crippen molar-refractivity contribution in [1.29, 1.82) is 0 Å². The zero-order valence-corrected chi connectivity index (χ0v) is 17.0. The topological polar surface area (TPSA) is 84.3 Å². The third-order valence-corrected chi connectivity index (χ3v) is 5.16. The molecule has 0 saturated heterocycles. The number of hydrogen-bond donors (Lipinski definition) is 1. The molecule has 26 heavy (non-hydrogen) atoms. The average Bonchev–Trinajstić information content (AvgIpc) is 2.79. The number of fused-ring (bicyclic) bond motifs is 1. The van der Waals surface area contributed by atoms with Crippen LogP contribution in [0.15, 0.2) is 11.1 Å². The molecular weight excluding hydrogens is 352 g/mol. The Labute approximate surface area is 157 Å². The minimum Gasteiger partial charge on any atom is -0.350 e. The second-order valence-corrected chi connectivity index (χ2v) is 8.71. The monoisotopic (exact) mass is 378 g/mol. The summed E-state index contributed by atoms with van der Waals surface area (Å²) in [6.45, 7) is 9.76. The van der Waals surface area contributed by atoms with Gasteiger partial charge in [0.25, 0.3) is 5.56 Å². The van der Waals surface area contributed by atoms with E-state index in [-0.39, 0.29) is 42.4 Å². The van der Waals surface area contributed by atoms with Crippen LogP contribution in [-0.2, 0) is 16.1 Å². The summed E-state index contributed by atoms with van der Waals surface area (Å²) in [5.74, 6) is -0.405. The van der Waals surface area contributed by atoms with Gasteiger partial charge in [0.15, 0.2) is 0 Å². The van der Waals surface area contributed by atoms with E-state index in [0.717, 1.165) is 15.3 Å². The SMILES string of the molecule is Cc1sc2ncn(CCC(=O)N(C)CC(=O)NC(C)(C)C)c(=O)c2c1C. The van der Waals surface area contributed by atoms with Crippen LogP contribution >= 0.6 is 11.3 Å². The third kappa shape index (κ3) is 4.69. The van der Waals surface area contributed by atoms with Gasteiger partial charge in [-0.25, -0.2) is 4.98 Å². The van der Waals surface area contributed by atoms with E-state index in [1.54, 1.807) is 7.05 Å². The summed E-state index contributed by atoms with van der Waals surface area (Å²) in [4.78, 5) is 44.3. The minimum absolute atomic E-state index is 0.00881. The van der Waals surface area contributed by atoms with E-state index in [9.17, 15) is 14.4 Å². The van der Waals surface area contributed by atoms with Gasteiger partial charge in [-0.1, -0.05) is 0 Å². The Bertz CT molecular complexity index is 892. The van der Waals surface area contributed by atoms with Gasteiger partial charge in [0.05, 0.1) is 18.3 Å². The second kappa shape index (κ2) is 7.57. The number of aromatic nitrogens is 2. The Kier molecular flexibility index (Phi) is 5.85. The highest BCUT2D eigenvalue weighted by Gasteiger charge is 2.18. The van der Waals surface area contributed by atoms with Crippen molar-refractivity contribution >= 4 is 33.4 Å². The van der Waals surface area contributed by atoms with Crippen LogP contribution in [0.25, 0.3) is 10.2 Å². The summed E-state index contributed by atoms with van der Waals surface area (Å²) >= 11 is 1.50. The highest BCUT2D eigenvalue weighted by atomic mass is 32.1. The van der Waals surface area contributed by atoms with Gasteiger partial charge in [-0.3, -0.25) is 19.0 Å². The van der Waals surface area contributed by atoms with Crippen molar-refractivity contribution in [2.45, 2.75) is 53.1 Å². The predicted octanol–water partition coefficient (Wildman–Crippen LogP) is 1.84. The molecule has 1 N–H and O–H groups in total. The standard InChI is InChI=1S/C18H26N4O3S/c1-11-12(2)26-16-15(11)17(25)22(10-19-16)8-7-14(24)21(6)9-13(23)20-18(3,4)5/h10H,7-9H2,1-6H3,(H,20,23). The van der Waals surface area contributed by atoms with Crippen LogP contribution in [-0.4, -0.2) is 45.4 Å².